The van der Waals surface area contributed by atoms with Gasteiger partial charge in [0.05, 0.1) is 0 Å². The second-order valence-corrected chi connectivity index (χ2v) is 11.4. The number of amides is 1. The van der Waals surface area contributed by atoms with Crippen molar-refractivity contribution in [3.8, 4) is 0 Å². The molecule has 3 N–H and O–H groups in total. The first-order chi connectivity index (χ1) is 20.9. The van der Waals surface area contributed by atoms with Gasteiger partial charge in [-0.2, -0.15) is 26.3 Å². The highest BCUT2D eigenvalue weighted by atomic mass is 19.4. The van der Waals surface area contributed by atoms with Gasteiger partial charge in [-0.3, -0.25) is 4.79 Å². The first-order valence-corrected chi connectivity index (χ1v) is 14.1. The quantitative estimate of drug-likeness (QED) is 0.141. The van der Waals surface area contributed by atoms with Crippen molar-refractivity contribution in [2.45, 2.75) is 65.5 Å². The number of carbonyl (C=O) groups is 1. The molecule has 238 valence electrons. The lowest BCUT2D eigenvalue weighted by Gasteiger charge is -2.39. The SMILES string of the molecule is Cc1ccc(C(=O)Nc2cc(C(c3ccc(C)c(N[C@@H](O)c4ccc(C)c(C)c4)c3)(C(F)(F)F)C(F)(F)F)ccc2C)cc1C. The molecule has 45 heavy (non-hydrogen) atoms. The zero-order valence-corrected chi connectivity index (χ0v) is 25.6. The average Bonchev–Trinajstić information content (AvgIpc) is 2.93. The second-order valence-electron chi connectivity index (χ2n) is 11.4. The van der Waals surface area contributed by atoms with E-state index in [1.54, 1.807) is 37.3 Å². The third-order valence-corrected chi connectivity index (χ3v) is 8.35. The lowest BCUT2D eigenvalue weighted by atomic mass is 9.72. The van der Waals surface area contributed by atoms with Crippen LogP contribution in [0.15, 0.2) is 72.8 Å². The van der Waals surface area contributed by atoms with E-state index >= 15 is 26.3 Å². The highest BCUT2D eigenvalue weighted by Crippen LogP contribution is 2.57. The molecule has 10 heteroatoms. The average molecular weight is 629 g/mol. The number of hydrogen-bond acceptors (Lipinski definition) is 3. The van der Waals surface area contributed by atoms with Gasteiger partial charge in [0.1, 0.15) is 0 Å². The molecule has 0 aromatic heterocycles. The fourth-order valence-electron chi connectivity index (χ4n) is 5.23. The molecule has 0 unspecified atom stereocenters. The maximum Gasteiger partial charge on any atom is 0.411 e. The Kier molecular flexibility index (Phi) is 9.13. The Morgan fingerprint density at radius 2 is 1.07 bits per heavy atom. The molecule has 0 spiro atoms. The van der Waals surface area contributed by atoms with Crippen LogP contribution in [0.3, 0.4) is 0 Å². The number of anilines is 2. The maximum absolute atomic E-state index is 15.0. The van der Waals surface area contributed by atoms with Gasteiger partial charge in [-0.25, -0.2) is 0 Å². The molecule has 4 aromatic rings. The summed E-state index contributed by atoms with van der Waals surface area (Å²) < 4.78 is 90.3. The number of carbonyl (C=O) groups excluding carboxylic acids is 1. The molecule has 0 bridgehead atoms. The molecule has 0 aliphatic carbocycles. The molecule has 0 saturated carbocycles. The number of halogens is 6. The van der Waals surface area contributed by atoms with E-state index in [0.29, 0.717) is 11.1 Å². The number of aliphatic hydroxyl groups excluding tert-OH is 1. The van der Waals surface area contributed by atoms with Crippen LogP contribution in [0, 0.1) is 41.5 Å². The monoisotopic (exact) mass is 628 g/mol. The van der Waals surface area contributed by atoms with Crippen LogP contribution >= 0.6 is 0 Å². The second kappa shape index (κ2) is 12.2. The van der Waals surface area contributed by atoms with Gasteiger partial charge in [0.15, 0.2) is 6.23 Å². The summed E-state index contributed by atoms with van der Waals surface area (Å²) in [7, 11) is 0. The minimum Gasteiger partial charge on any atom is -0.369 e. The van der Waals surface area contributed by atoms with Crippen molar-refractivity contribution in [1.82, 2.24) is 0 Å². The summed E-state index contributed by atoms with van der Waals surface area (Å²) >= 11 is 0. The summed E-state index contributed by atoms with van der Waals surface area (Å²) in [5.74, 6) is -0.676. The molecular formula is C35H34F6N2O2. The van der Waals surface area contributed by atoms with Crippen LogP contribution in [0.1, 0.15) is 66.7 Å². The van der Waals surface area contributed by atoms with Crippen molar-refractivity contribution >= 4 is 17.3 Å². The van der Waals surface area contributed by atoms with E-state index in [9.17, 15) is 9.90 Å². The van der Waals surface area contributed by atoms with Gasteiger partial charge >= 0.3 is 12.4 Å². The maximum atomic E-state index is 15.0. The molecule has 4 rings (SSSR count). The minimum atomic E-state index is -5.85. The largest absolute Gasteiger partial charge is 0.411 e. The number of benzene rings is 4. The fourth-order valence-corrected chi connectivity index (χ4v) is 5.23. The standard InChI is InChI=1S/C35H34F6N2O2/c1-19-7-11-25(15-23(19)5)31(44)42-29-17-27(13-9-21(29)3)33(34(36,37)38,35(39,40)41)28-14-10-22(4)30(18-28)43-32(45)26-12-8-20(2)24(6)16-26/h7-18,31,42,44H,1-6H3,(H,43,45)/t31-/m0/s1. The zero-order valence-electron chi connectivity index (χ0n) is 25.6. The highest BCUT2D eigenvalue weighted by molar-refractivity contribution is 6.04. The van der Waals surface area contributed by atoms with Crippen LogP contribution in [0.25, 0.3) is 0 Å². The summed E-state index contributed by atoms with van der Waals surface area (Å²) in [4.78, 5) is 13.0. The summed E-state index contributed by atoms with van der Waals surface area (Å²) in [5, 5.41) is 16.0. The van der Waals surface area contributed by atoms with Crippen molar-refractivity contribution in [2.24, 2.45) is 0 Å². The Bertz CT molecular complexity index is 1730. The van der Waals surface area contributed by atoms with Gasteiger partial charge in [0, 0.05) is 22.5 Å². The Morgan fingerprint density at radius 1 is 0.600 bits per heavy atom. The van der Waals surface area contributed by atoms with Crippen molar-refractivity contribution < 1.29 is 36.2 Å². The van der Waals surface area contributed by atoms with E-state index in [1.165, 1.54) is 19.9 Å². The number of rotatable bonds is 7. The third-order valence-electron chi connectivity index (χ3n) is 8.35. The molecule has 0 heterocycles. The molecule has 0 aliphatic heterocycles. The van der Waals surface area contributed by atoms with Crippen LogP contribution in [0.5, 0.6) is 0 Å². The fraction of sp³-hybridized carbons (Fsp3) is 0.286. The highest BCUT2D eigenvalue weighted by Gasteiger charge is 2.72. The molecule has 0 fully saturated rings. The smallest absolute Gasteiger partial charge is 0.369 e. The molecule has 4 nitrogen and oxygen atoms in total. The molecule has 1 atom stereocenters. The molecule has 0 aliphatic rings. The number of nitrogens with one attached hydrogen (secondary N) is 2. The normalized spacial score (nSPS) is 13.0. The molecule has 1 amide bonds. The number of aliphatic hydroxyl groups is 1. The molecule has 4 aromatic carbocycles. The van der Waals surface area contributed by atoms with Crippen molar-refractivity contribution in [2.75, 3.05) is 10.6 Å². The van der Waals surface area contributed by atoms with Crippen LogP contribution in [-0.2, 0) is 5.41 Å². The summed E-state index contributed by atoms with van der Waals surface area (Å²) in [6, 6.07) is 15.2. The van der Waals surface area contributed by atoms with E-state index in [2.05, 4.69) is 10.6 Å². The van der Waals surface area contributed by atoms with Gasteiger partial charge in [-0.05, 0) is 110 Å². The minimum absolute atomic E-state index is 0.105. The van der Waals surface area contributed by atoms with E-state index in [-0.39, 0.29) is 22.5 Å². The Labute approximate surface area is 258 Å². The summed E-state index contributed by atoms with van der Waals surface area (Å²) in [6.07, 6.45) is -13.1. The topological polar surface area (TPSA) is 61.4 Å². The summed E-state index contributed by atoms with van der Waals surface area (Å²) in [5.41, 5.74) is -2.27. The van der Waals surface area contributed by atoms with Gasteiger partial charge in [-0.15, -0.1) is 0 Å². The first-order valence-electron chi connectivity index (χ1n) is 14.1. The number of hydrogen-bond donors (Lipinski definition) is 3. The van der Waals surface area contributed by atoms with Gasteiger partial charge < -0.3 is 15.7 Å². The molecule has 0 radical (unpaired) electrons. The Morgan fingerprint density at radius 3 is 1.58 bits per heavy atom. The first kappa shape index (κ1) is 33.6. The van der Waals surface area contributed by atoms with Crippen LogP contribution in [0.4, 0.5) is 37.7 Å². The van der Waals surface area contributed by atoms with Crippen LogP contribution in [0.2, 0.25) is 0 Å². The predicted octanol–water partition coefficient (Wildman–Crippen LogP) is 9.30. The predicted molar refractivity (Wildman–Crippen MR) is 164 cm³/mol. The van der Waals surface area contributed by atoms with Crippen molar-refractivity contribution in [1.29, 1.82) is 0 Å². The van der Waals surface area contributed by atoms with Crippen LogP contribution in [-0.4, -0.2) is 23.4 Å². The lowest BCUT2D eigenvalue weighted by Crippen LogP contribution is -2.54. The van der Waals surface area contributed by atoms with Gasteiger partial charge in [0.25, 0.3) is 5.91 Å². The van der Waals surface area contributed by atoms with E-state index < -0.39 is 41.0 Å². The zero-order chi connectivity index (χ0) is 33.5. The van der Waals surface area contributed by atoms with E-state index in [1.807, 2.05) is 20.8 Å². The molecule has 0 saturated heterocycles. The van der Waals surface area contributed by atoms with Gasteiger partial charge in [-0.1, -0.05) is 48.5 Å². The number of aryl methyl sites for hydroxylation is 6. The Balaban J connectivity index is 1.84. The third kappa shape index (κ3) is 6.42. The number of alkyl halides is 6. The summed E-state index contributed by atoms with van der Waals surface area (Å²) in [6.45, 7) is 10.3. The van der Waals surface area contributed by atoms with Crippen molar-refractivity contribution in [3.63, 3.8) is 0 Å². The van der Waals surface area contributed by atoms with E-state index in [0.717, 1.165) is 58.7 Å². The van der Waals surface area contributed by atoms with Gasteiger partial charge in [0.2, 0.25) is 5.41 Å². The van der Waals surface area contributed by atoms with Crippen molar-refractivity contribution in [3.05, 3.63) is 128 Å². The molecular weight excluding hydrogens is 594 g/mol. The lowest BCUT2D eigenvalue weighted by molar-refractivity contribution is -0.288. The van der Waals surface area contributed by atoms with E-state index in [4.69, 9.17) is 0 Å². The van der Waals surface area contributed by atoms with Crippen LogP contribution < -0.4 is 10.6 Å². The Hall–Kier alpha value is -4.31.